The lowest BCUT2D eigenvalue weighted by Gasteiger charge is -2.08. The molecule has 0 saturated carbocycles. The smallest absolute Gasteiger partial charge is 0.446 e. The Bertz CT molecular complexity index is 1340. The molecule has 0 aliphatic carbocycles. The Hall–Kier alpha value is -3.77. The van der Waals surface area contributed by atoms with Gasteiger partial charge in [-0.25, -0.2) is 10.5 Å². The van der Waals surface area contributed by atoms with Crippen LogP contribution in [0.15, 0.2) is 65.7 Å². The molecule has 0 aliphatic rings. The molecule has 0 unspecified atom stereocenters. The number of imidazole rings is 1. The number of carbonyl (C=O) groups is 1. The SMILES string of the molecule is CONC(=O)c1cc(Oc2ccc3c(c2)nc(Nc2ccc(SC(F)(F)F)cc2)n3C)ccn1.[HH].[HH]. The van der Waals surface area contributed by atoms with Crippen molar-refractivity contribution in [1.82, 2.24) is 20.0 Å². The quantitative estimate of drug-likeness (QED) is 0.245. The monoisotopic (exact) mass is 493 g/mol. The zero-order valence-corrected chi connectivity index (χ0v) is 18.7. The topological polar surface area (TPSA) is 90.3 Å². The summed E-state index contributed by atoms with van der Waals surface area (Å²) in [6, 6.07) is 14.3. The van der Waals surface area contributed by atoms with E-state index in [4.69, 9.17) is 4.74 Å². The summed E-state index contributed by atoms with van der Waals surface area (Å²) in [4.78, 5) is 25.1. The fraction of sp³-hybridized carbons (Fsp3) is 0.136. The van der Waals surface area contributed by atoms with E-state index in [1.165, 1.54) is 31.5 Å². The summed E-state index contributed by atoms with van der Waals surface area (Å²) in [6.45, 7) is 0. The highest BCUT2D eigenvalue weighted by Gasteiger charge is 2.29. The highest BCUT2D eigenvalue weighted by molar-refractivity contribution is 8.00. The molecule has 2 aromatic heterocycles. The summed E-state index contributed by atoms with van der Waals surface area (Å²) in [7, 11) is 3.14. The second-order valence-corrected chi connectivity index (χ2v) is 8.09. The summed E-state index contributed by atoms with van der Waals surface area (Å²) in [5.41, 5.74) is 0.0354. The second kappa shape index (κ2) is 9.61. The number of ether oxygens (including phenoxy) is 1. The van der Waals surface area contributed by atoms with Gasteiger partial charge in [-0.05, 0) is 54.2 Å². The van der Waals surface area contributed by atoms with E-state index >= 15 is 0 Å². The van der Waals surface area contributed by atoms with Crippen LogP contribution < -0.4 is 15.5 Å². The van der Waals surface area contributed by atoms with Gasteiger partial charge in [0, 0.05) is 38.8 Å². The van der Waals surface area contributed by atoms with Gasteiger partial charge in [-0.2, -0.15) is 13.2 Å². The largest absolute Gasteiger partial charge is 0.457 e. The minimum Gasteiger partial charge on any atom is -0.457 e. The van der Waals surface area contributed by atoms with Crippen LogP contribution in [0.4, 0.5) is 24.8 Å². The van der Waals surface area contributed by atoms with Gasteiger partial charge in [0.2, 0.25) is 5.95 Å². The Morgan fingerprint density at radius 2 is 1.82 bits per heavy atom. The highest BCUT2D eigenvalue weighted by Crippen LogP contribution is 2.37. The number of hydrogen-bond acceptors (Lipinski definition) is 7. The van der Waals surface area contributed by atoms with Gasteiger partial charge in [-0.15, -0.1) is 0 Å². The summed E-state index contributed by atoms with van der Waals surface area (Å²) in [5, 5.41) is 3.11. The van der Waals surface area contributed by atoms with Crippen LogP contribution in [0, 0.1) is 0 Å². The van der Waals surface area contributed by atoms with Crippen molar-refractivity contribution >= 4 is 40.3 Å². The number of thioether (sulfide) groups is 1. The molecule has 8 nitrogen and oxygen atoms in total. The Kier molecular flexibility index (Phi) is 6.61. The maximum atomic E-state index is 12.5. The molecule has 0 bridgehead atoms. The molecule has 4 aromatic rings. The van der Waals surface area contributed by atoms with Gasteiger partial charge in [0.15, 0.2) is 0 Å². The second-order valence-electron chi connectivity index (χ2n) is 6.96. The molecule has 0 saturated heterocycles. The first kappa shape index (κ1) is 23.4. The zero-order valence-electron chi connectivity index (χ0n) is 17.9. The average Bonchev–Trinajstić information content (AvgIpc) is 3.09. The van der Waals surface area contributed by atoms with E-state index in [2.05, 4.69) is 25.6 Å². The van der Waals surface area contributed by atoms with Crippen LogP contribution in [-0.2, 0) is 11.9 Å². The molecule has 0 radical (unpaired) electrons. The van der Waals surface area contributed by atoms with E-state index in [9.17, 15) is 18.0 Å². The van der Waals surface area contributed by atoms with Gasteiger partial charge in [-0.1, -0.05) is 0 Å². The van der Waals surface area contributed by atoms with Crippen molar-refractivity contribution in [2.75, 3.05) is 12.4 Å². The van der Waals surface area contributed by atoms with E-state index in [0.717, 1.165) is 5.52 Å². The van der Waals surface area contributed by atoms with E-state index in [-0.39, 0.29) is 25.2 Å². The molecular weight excluding hydrogens is 471 g/mol. The van der Waals surface area contributed by atoms with Gasteiger partial charge in [0.05, 0.1) is 18.1 Å². The summed E-state index contributed by atoms with van der Waals surface area (Å²) in [6.07, 6.45) is 1.44. The van der Waals surface area contributed by atoms with Crippen molar-refractivity contribution in [2.45, 2.75) is 10.4 Å². The molecule has 0 atom stereocenters. The molecule has 12 heteroatoms. The summed E-state index contributed by atoms with van der Waals surface area (Å²) >= 11 is -0.165. The normalized spacial score (nSPS) is 11.4. The number of anilines is 2. The molecule has 0 spiro atoms. The van der Waals surface area contributed by atoms with Gasteiger partial charge in [0.25, 0.3) is 5.91 Å². The van der Waals surface area contributed by atoms with Gasteiger partial charge < -0.3 is 14.6 Å². The van der Waals surface area contributed by atoms with Crippen LogP contribution in [-0.4, -0.2) is 33.1 Å². The van der Waals surface area contributed by atoms with Crippen molar-refractivity contribution < 1.29 is 30.4 Å². The van der Waals surface area contributed by atoms with Crippen molar-refractivity contribution in [3.8, 4) is 11.5 Å². The summed E-state index contributed by atoms with van der Waals surface area (Å²) in [5.74, 6) is 0.899. The molecule has 34 heavy (non-hydrogen) atoms. The maximum absolute atomic E-state index is 12.5. The predicted molar refractivity (Wildman–Crippen MR) is 125 cm³/mol. The molecule has 1 amide bonds. The molecule has 4 rings (SSSR count). The fourth-order valence-electron chi connectivity index (χ4n) is 3.10. The lowest BCUT2D eigenvalue weighted by Crippen LogP contribution is -2.22. The third-order valence-electron chi connectivity index (χ3n) is 4.59. The number of benzene rings is 2. The Morgan fingerprint density at radius 1 is 1.09 bits per heavy atom. The van der Waals surface area contributed by atoms with Crippen molar-refractivity contribution in [2.24, 2.45) is 7.05 Å². The van der Waals surface area contributed by atoms with E-state index in [1.807, 2.05) is 17.7 Å². The molecule has 180 valence electrons. The Morgan fingerprint density at radius 3 is 2.53 bits per heavy atom. The number of rotatable bonds is 7. The highest BCUT2D eigenvalue weighted by atomic mass is 32.2. The van der Waals surface area contributed by atoms with Crippen LogP contribution in [0.5, 0.6) is 11.5 Å². The minimum atomic E-state index is -4.33. The first-order valence-electron chi connectivity index (χ1n) is 9.78. The molecule has 2 aromatic carbocycles. The molecular formula is C22H22F3N5O3S. The Labute approximate surface area is 199 Å². The van der Waals surface area contributed by atoms with Gasteiger partial charge >= 0.3 is 5.51 Å². The molecule has 2 N–H and O–H groups in total. The molecule has 2 heterocycles. The molecule has 0 aliphatic heterocycles. The lowest BCUT2D eigenvalue weighted by atomic mass is 10.3. The number of nitrogens with zero attached hydrogens (tertiary/aromatic N) is 3. The van der Waals surface area contributed by atoms with E-state index in [1.54, 1.807) is 30.3 Å². The van der Waals surface area contributed by atoms with Crippen LogP contribution in [0.1, 0.15) is 13.3 Å². The minimum absolute atomic E-state index is 0. The number of aromatic nitrogens is 3. The fourth-order valence-corrected chi connectivity index (χ4v) is 3.64. The zero-order chi connectivity index (χ0) is 24.3. The number of hydrogen-bond donors (Lipinski definition) is 2. The van der Waals surface area contributed by atoms with Crippen molar-refractivity contribution in [3.05, 3.63) is 66.5 Å². The number of amides is 1. The summed E-state index contributed by atoms with van der Waals surface area (Å²) < 4.78 is 45.2. The molecule has 0 fully saturated rings. The van der Waals surface area contributed by atoms with Gasteiger partial charge in [0.1, 0.15) is 17.2 Å². The van der Waals surface area contributed by atoms with E-state index < -0.39 is 11.4 Å². The number of aryl methyl sites for hydroxylation is 1. The first-order chi connectivity index (χ1) is 16.2. The van der Waals surface area contributed by atoms with E-state index in [0.29, 0.717) is 28.7 Å². The maximum Gasteiger partial charge on any atom is 0.446 e. The standard InChI is InChI=1S/C22H18F3N5O3S.2H2/c1-30-19-8-5-14(33-15-9-10-26-18(12-15)20(31)29-32-2)11-17(19)28-21(30)27-13-3-6-16(7-4-13)34-22(23,24)25;;/h3-12H,1-2H3,(H,27,28)(H,29,31);2*1H. The van der Waals surface area contributed by atoms with Crippen molar-refractivity contribution in [3.63, 3.8) is 0 Å². The number of halogens is 3. The van der Waals surface area contributed by atoms with Crippen LogP contribution in [0.3, 0.4) is 0 Å². The lowest BCUT2D eigenvalue weighted by molar-refractivity contribution is -0.0328. The van der Waals surface area contributed by atoms with Crippen LogP contribution in [0.2, 0.25) is 0 Å². The van der Waals surface area contributed by atoms with Gasteiger partial charge in [-0.3, -0.25) is 14.6 Å². The number of fused-ring (bicyclic) bond motifs is 1. The third kappa shape index (κ3) is 5.58. The average molecular weight is 494 g/mol. The Balaban J connectivity index is 0.00000228. The van der Waals surface area contributed by atoms with Crippen molar-refractivity contribution in [1.29, 1.82) is 0 Å². The number of pyridine rings is 1. The predicted octanol–water partition coefficient (Wildman–Crippen LogP) is 5.90. The van der Waals surface area contributed by atoms with Crippen LogP contribution >= 0.6 is 11.8 Å². The van der Waals surface area contributed by atoms with Crippen LogP contribution in [0.25, 0.3) is 11.0 Å². The number of alkyl halides is 3. The number of nitrogens with one attached hydrogen (secondary N) is 2. The third-order valence-corrected chi connectivity index (χ3v) is 5.33. The number of carbonyl (C=O) groups excluding carboxylic acids is 1. The first-order valence-corrected chi connectivity index (χ1v) is 10.6. The number of hydroxylamine groups is 1.